The lowest BCUT2D eigenvalue weighted by molar-refractivity contribution is 0.0603. The Bertz CT molecular complexity index is 548. The molecule has 2 aromatic rings. The van der Waals surface area contributed by atoms with Crippen molar-refractivity contribution in [2.24, 2.45) is 0 Å². The summed E-state index contributed by atoms with van der Waals surface area (Å²) >= 11 is 0. The third-order valence-corrected chi connectivity index (χ3v) is 2.55. The van der Waals surface area contributed by atoms with Gasteiger partial charge in [-0.3, -0.25) is 0 Å². The van der Waals surface area contributed by atoms with Gasteiger partial charge < -0.3 is 9.30 Å². The molecule has 0 bridgehead atoms. The highest BCUT2D eigenvalue weighted by Crippen LogP contribution is 2.21. The molecule has 2 rings (SSSR count). The predicted octanol–water partition coefficient (Wildman–Crippen LogP) is 2.69. The van der Waals surface area contributed by atoms with Crippen LogP contribution in [0.4, 0.5) is 8.78 Å². The van der Waals surface area contributed by atoms with Crippen molar-refractivity contribution < 1.29 is 18.3 Å². The molecule has 5 heteroatoms. The number of aromatic nitrogens is 1. The highest BCUT2D eigenvalue weighted by Gasteiger charge is 2.13. The van der Waals surface area contributed by atoms with E-state index in [1.165, 1.54) is 11.7 Å². The molecule has 0 unspecified atom stereocenters. The van der Waals surface area contributed by atoms with Gasteiger partial charge in [0, 0.05) is 17.1 Å². The Balaban J connectivity index is 2.52. The summed E-state index contributed by atoms with van der Waals surface area (Å²) in [6.07, 6.45) is -0.879. The topological polar surface area (TPSA) is 31.2 Å². The number of ether oxygens (including phenoxy) is 1. The summed E-state index contributed by atoms with van der Waals surface area (Å²) in [6, 6.07) is 6.60. The van der Waals surface area contributed by atoms with Gasteiger partial charge in [-0.05, 0) is 18.2 Å². The molecule has 1 aromatic heterocycles. The van der Waals surface area contributed by atoms with Gasteiger partial charge in [-0.25, -0.2) is 13.6 Å². The lowest BCUT2D eigenvalue weighted by atomic mass is 10.1. The fourth-order valence-electron chi connectivity index (χ4n) is 1.82. The molecule has 17 heavy (non-hydrogen) atoms. The lowest BCUT2D eigenvalue weighted by Crippen LogP contribution is -2.05. The number of carbonyl (C=O) groups is 1. The van der Waals surface area contributed by atoms with Crippen LogP contribution in [0.25, 0.3) is 10.9 Å². The predicted molar refractivity (Wildman–Crippen MR) is 59.3 cm³/mol. The molecular formula is C12H11F2NO2. The van der Waals surface area contributed by atoms with Gasteiger partial charge in [-0.1, -0.05) is 6.07 Å². The summed E-state index contributed by atoms with van der Waals surface area (Å²) in [5.41, 5.74) is 0.992. The zero-order valence-electron chi connectivity index (χ0n) is 9.19. The lowest BCUT2D eigenvalue weighted by Gasteiger charge is -2.05. The van der Waals surface area contributed by atoms with Crippen molar-refractivity contribution in [3.8, 4) is 0 Å². The zero-order valence-corrected chi connectivity index (χ0v) is 9.19. The first-order valence-electron chi connectivity index (χ1n) is 5.08. The van der Waals surface area contributed by atoms with Crippen LogP contribution in [0.15, 0.2) is 30.5 Å². The first kappa shape index (κ1) is 11.6. The Hall–Kier alpha value is -1.91. The minimum absolute atomic E-state index is 0.381. The van der Waals surface area contributed by atoms with E-state index < -0.39 is 12.4 Å². The zero-order chi connectivity index (χ0) is 12.4. The highest BCUT2D eigenvalue weighted by molar-refractivity contribution is 6.03. The van der Waals surface area contributed by atoms with E-state index in [0.29, 0.717) is 16.5 Å². The van der Waals surface area contributed by atoms with Crippen LogP contribution in [0.1, 0.15) is 10.4 Å². The molecular weight excluding hydrogens is 228 g/mol. The van der Waals surface area contributed by atoms with Crippen LogP contribution in [-0.2, 0) is 11.3 Å². The van der Waals surface area contributed by atoms with Gasteiger partial charge in [0.2, 0.25) is 0 Å². The monoisotopic (exact) mass is 239 g/mol. The fourth-order valence-corrected chi connectivity index (χ4v) is 1.82. The standard InChI is InChI=1S/C12H11F2NO2/c1-17-12(16)9-3-2-4-10-8(9)5-6-15(10)7-11(13)14/h2-6,11H,7H2,1H3. The molecule has 0 amide bonds. The molecule has 0 fully saturated rings. The molecule has 0 saturated heterocycles. The van der Waals surface area contributed by atoms with Crippen LogP contribution in [-0.4, -0.2) is 24.1 Å². The second kappa shape index (κ2) is 4.53. The van der Waals surface area contributed by atoms with E-state index >= 15 is 0 Å². The molecule has 0 saturated carbocycles. The van der Waals surface area contributed by atoms with E-state index in [2.05, 4.69) is 4.74 Å². The van der Waals surface area contributed by atoms with Crippen LogP contribution in [0.5, 0.6) is 0 Å². The largest absolute Gasteiger partial charge is 0.465 e. The van der Waals surface area contributed by atoms with Gasteiger partial charge in [0.05, 0.1) is 19.2 Å². The SMILES string of the molecule is COC(=O)c1cccc2c1ccn2CC(F)F. The average Bonchev–Trinajstić information content (AvgIpc) is 2.71. The van der Waals surface area contributed by atoms with Crippen LogP contribution in [0.2, 0.25) is 0 Å². The van der Waals surface area contributed by atoms with E-state index in [1.807, 2.05) is 0 Å². The number of nitrogens with zero attached hydrogens (tertiary/aromatic N) is 1. The van der Waals surface area contributed by atoms with Gasteiger partial charge in [0.25, 0.3) is 6.43 Å². The quantitative estimate of drug-likeness (QED) is 0.771. The number of esters is 1. The van der Waals surface area contributed by atoms with Crippen molar-refractivity contribution in [3.05, 3.63) is 36.0 Å². The van der Waals surface area contributed by atoms with E-state index in [-0.39, 0.29) is 6.54 Å². The normalized spacial score (nSPS) is 11.1. The van der Waals surface area contributed by atoms with Gasteiger partial charge in [-0.2, -0.15) is 0 Å². The molecule has 1 aromatic carbocycles. The molecule has 3 nitrogen and oxygen atoms in total. The first-order valence-corrected chi connectivity index (χ1v) is 5.08. The summed E-state index contributed by atoms with van der Waals surface area (Å²) in [5, 5.41) is 0.625. The van der Waals surface area contributed by atoms with Crippen LogP contribution in [0, 0.1) is 0 Å². The van der Waals surface area contributed by atoms with Crippen LogP contribution < -0.4 is 0 Å². The molecule has 1 heterocycles. The number of fused-ring (bicyclic) bond motifs is 1. The Morgan fingerprint density at radius 1 is 1.41 bits per heavy atom. The smallest absolute Gasteiger partial charge is 0.338 e. The number of hydrogen-bond acceptors (Lipinski definition) is 2. The van der Waals surface area contributed by atoms with E-state index in [1.54, 1.807) is 30.5 Å². The van der Waals surface area contributed by atoms with Crippen molar-refractivity contribution in [2.45, 2.75) is 13.0 Å². The maximum atomic E-state index is 12.3. The highest BCUT2D eigenvalue weighted by atomic mass is 19.3. The minimum Gasteiger partial charge on any atom is -0.465 e. The first-order chi connectivity index (χ1) is 8.13. The summed E-state index contributed by atoms with van der Waals surface area (Å²) in [7, 11) is 1.29. The Labute approximate surface area is 96.6 Å². The fraction of sp³-hybridized carbons (Fsp3) is 0.250. The summed E-state index contributed by atoms with van der Waals surface area (Å²) in [6.45, 7) is -0.381. The molecule has 0 radical (unpaired) electrons. The third kappa shape index (κ3) is 2.13. The number of halogens is 2. The minimum atomic E-state index is -2.42. The number of benzene rings is 1. The number of rotatable bonds is 3. The van der Waals surface area contributed by atoms with Gasteiger partial charge in [0.15, 0.2) is 0 Å². The molecule has 0 aliphatic carbocycles. The molecule has 90 valence electrons. The van der Waals surface area contributed by atoms with Gasteiger partial charge >= 0.3 is 5.97 Å². The molecule has 0 N–H and O–H groups in total. The van der Waals surface area contributed by atoms with Crippen molar-refractivity contribution in [2.75, 3.05) is 7.11 Å². The van der Waals surface area contributed by atoms with Crippen molar-refractivity contribution >= 4 is 16.9 Å². The molecule has 0 aliphatic heterocycles. The third-order valence-electron chi connectivity index (χ3n) is 2.55. The summed E-state index contributed by atoms with van der Waals surface area (Å²) in [5.74, 6) is -0.467. The Morgan fingerprint density at radius 2 is 2.18 bits per heavy atom. The molecule has 0 aliphatic rings. The number of hydrogen-bond donors (Lipinski definition) is 0. The summed E-state index contributed by atoms with van der Waals surface area (Å²) in [4.78, 5) is 11.5. The van der Waals surface area contributed by atoms with Crippen LogP contribution in [0.3, 0.4) is 0 Å². The van der Waals surface area contributed by atoms with Gasteiger partial charge in [0.1, 0.15) is 0 Å². The molecule has 0 spiro atoms. The van der Waals surface area contributed by atoms with Gasteiger partial charge in [-0.15, -0.1) is 0 Å². The van der Waals surface area contributed by atoms with Crippen LogP contribution >= 0.6 is 0 Å². The Kier molecular flexibility index (Phi) is 3.08. The van der Waals surface area contributed by atoms with Crippen molar-refractivity contribution in [1.82, 2.24) is 4.57 Å². The van der Waals surface area contributed by atoms with E-state index in [0.717, 1.165) is 0 Å². The second-order valence-electron chi connectivity index (χ2n) is 3.59. The maximum Gasteiger partial charge on any atom is 0.338 e. The average molecular weight is 239 g/mol. The molecule has 0 atom stereocenters. The number of alkyl halides is 2. The Morgan fingerprint density at radius 3 is 2.82 bits per heavy atom. The number of carbonyl (C=O) groups excluding carboxylic acids is 1. The van der Waals surface area contributed by atoms with E-state index in [9.17, 15) is 13.6 Å². The van der Waals surface area contributed by atoms with Crippen molar-refractivity contribution in [1.29, 1.82) is 0 Å². The number of methoxy groups -OCH3 is 1. The van der Waals surface area contributed by atoms with Crippen molar-refractivity contribution in [3.63, 3.8) is 0 Å². The van der Waals surface area contributed by atoms with E-state index in [4.69, 9.17) is 0 Å². The summed E-state index contributed by atoms with van der Waals surface area (Å²) < 4.78 is 30.7. The second-order valence-corrected chi connectivity index (χ2v) is 3.59. The maximum absolute atomic E-state index is 12.3.